The van der Waals surface area contributed by atoms with Gasteiger partial charge in [-0.25, -0.2) is 39.9 Å². The Morgan fingerprint density at radius 1 is 0.153 bits per heavy atom. The highest BCUT2D eigenvalue weighted by atomic mass is 32.1. The van der Waals surface area contributed by atoms with Crippen LogP contribution in [0.25, 0.3) is 292 Å². The van der Waals surface area contributed by atoms with Crippen LogP contribution in [-0.2, 0) is 0 Å². The fourth-order valence-corrected chi connectivity index (χ4v) is 24.8. The van der Waals surface area contributed by atoms with Gasteiger partial charge in [0.1, 0.15) is 11.2 Å². The van der Waals surface area contributed by atoms with Crippen molar-refractivity contribution in [1.29, 1.82) is 0 Å². The number of nitrogens with zero attached hydrogens (tertiary/aromatic N) is 8. The van der Waals surface area contributed by atoms with Crippen molar-refractivity contribution in [2.24, 2.45) is 0 Å². The Bertz CT molecular complexity index is 10700. The molecule has 9 nitrogen and oxygen atoms in total. The zero-order valence-corrected chi connectivity index (χ0v) is 79.7. The second kappa shape index (κ2) is 34.9. The third kappa shape index (κ3) is 14.4. The predicted octanol–water partition coefficient (Wildman–Crippen LogP) is 36.9. The van der Waals surface area contributed by atoms with E-state index >= 15 is 0 Å². The summed E-state index contributed by atoms with van der Waals surface area (Å²) in [5.74, 6) is 3.00. The van der Waals surface area contributed by atoms with Crippen molar-refractivity contribution in [2.75, 3.05) is 0 Å². The lowest BCUT2D eigenvalue weighted by Gasteiger charge is -2.13. The van der Waals surface area contributed by atoms with Crippen molar-refractivity contribution in [3.05, 3.63) is 473 Å². The van der Waals surface area contributed by atoms with E-state index in [1.165, 1.54) is 114 Å². The van der Waals surface area contributed by atoms with Gasteiger partial charge in [0.25, 0.3) is 0 Å². The summed E-state index contributed by atoms with van der Waals surface area (Å²) in [7, 11) is 0. The number of hydrogen-bond acceptors (Lipinski definition) is 12. The maximum atomic E-state index is 6.22. The first-order valence-electron chi connectivity index (χ1n) is 48.3. The van der Waals surface area contributed by atoms with Crippen LogP contribution in [0, 0.1) is 0 Å². The first-order valence-corrected chi connectivity index (χ1v) is 50.8. The Hall–Kier alpha value is -18.3. The van der Waals surface area contributed by atoms with Gasteiger partial charge >= 0.3 is 0 Å². The molecule has 0 aliphatic rings. The number of furan rings is 1. The molecule has 31 rings (SSSR count). The summed E-state index contributed by atoms with van der Waals surface area (Å²) < 4.78 is 14.0. The number of hydrogen-bond donors (Lipinski definition) is 0. The molecule has 0 radical (unpaired) electrons. The van der Waals surface area contributed by atoms with Crippen LogP contribution in [0.1, 0.15) is 0 Å². The van der Waals surface area contributed by atoms with Crippen LogP contribution in [0.15, 0.2) is 478 Å². The lowest BCUT2D eigenvalue weighted by Crippen LogP contribution is -1.97. The topological polar surface area (TPSA) is 116 Å². The van der Waals surface area contributed by atoms with Crippen LogP contribution < -0.4 is 0 Å². The maximum absolute atomic E-state index is 6.22. The molecular formula is C132H78N8OS3. The predicted molar refractivity (Wildman–Crippen MR) is 610 cm³/mol. The third-order valence-electron chi connectivity index (χ3n) is 28.1. The molecule has 0 N–H and O–H groups in total. The van der Waals surface area contributed by atoms with E-state index in [4.69, 9.17) is 44.3 Å². The number of aromatic nitrogens is 8. The number of para-hydroxylation sites is 2. The quantitative estimate of drug-likeness (QED) is 0.137. The highest BCUT2D eigenvalue weighted by Gasteiger charge is 2.26. The van der Waals surface area contributed by atoms with Gasteiger partial charge < -0.3 is 4.42 Å². The molecular weight excluding hydrogens is 1810 g/mol. The Morgan fingerprint density at radius 2 is 0.486 bits per heavy atom. The molecule has 0 amide bonds. The Labute approximate surface area is 837 Å². The van der Waals surface area contributed by atoms with Crippen LogP contribution in [0.2, 0.25) is 0 Å². The Morgan fingerprint density at radius 3 is 0.965 bits per heavy atom. The van der Waals surface area contributed by atoms with Crippen LogP contribution in [0.3, 0.4) is 0 Å². The van der Waals surface area contributed by atoms with E-state index in [1.54, 1.807) is 0 Å². The number of fused-ring (bicyclic) bond motifs is 29. The number of benzene rings is 23. The van der Waals surface area contributed by atoms with E-state index in [9.17, 15) is 0 Å². The first-order chi connectivity index (χ1) is 71.4. The zero-order valence-electron chi connectivity index (χ0n) is 77.2. The minimum absolute atomic E-state index is 0.711. The summed E-state index contributed by atoms with van der Waals surface area (Å²) in [4.78, 5) is 41.6. The molecule has 0 saturated heterocycles. The maximum Gasteiger partial charge on any atom is 0.161 e. The molecule has 0 fully saturated rings. The summed E-state index contributed by atoms with van der Waals surface area (Å²) in [5, 5.41) is 30.8. The van der Waals surface area contributed by atoms with Gasteiger partial charge in [-0.05, 0) is 133 Å². The van der Waals surface area contributed by atoms with Gasteiger partial charge in [0.05, 0.1) is 44.8 Å². The molecule has 8 heterocycles. The first kappa shape index (κ1) is 83.8. The van der Waals surface area contributed by atoms with Crippen molar-refractivity contribution in [1.82, 2.24) is 39.9 Å². The van der Waals surface area contributed by atoms with E-state index < -0.39 is 0 Å². The molecule has 0 spiro atoms. The average Bonchev–Trinajstić information content (AvgIpc) is 1.52. The summed E-state index contributed by atoms with van der Waals surface area (Å²) in [6, 6.07) is 166. The summed E-state index contributed by atoms with van der Waals surface area (Å²) >= 11 is 5.53. The van der Waals surface area contributed by atoms with Gasteiger partial charge in [0.2, 0.25) is 0 Å². The van der Waals surface area contributed by atoms with Gasteiger partial charge in [0, 0.05) is 159 Å². The summed E-state index contributed by atoms with van der Waals surface area (Å²) in [6.45, 7) is 0. The van der Waals surface area contributed by atoms with E-state index in [2.05, 4.69) is 437 Å². The molecule has 0 bridgehead atoms. The van der Waals surface area contributed by atoms with E-state index in [1.807, 2.05) is 70.4 Å². The van der Waals surface area contributed by atoms with E-state index in [0.29, 0.717) is 5.82 Å². The van der Waals surface area contributed by atoms with Crippen molar-refractivity contribution in [3.8, 4) is 90.6 Å². The van der Waals surface area contributed by atoms with Crippen LogP contribution in [-0.4, -0.2) is 39.9 Å². The van der Waals surface area contributed by atoms with Crippen LogP contribution in [0.4, 0.5) is 0 Å². The van der Waals surface area contributed by atoms with Crippen LogP contribution in [0.5, 0.6) is 0 Å². The van der Waals surface area contributed by atoms with Crippen molar-refractivity contribution in [3.63, 3.8) is 0 Å². The van der Waals surface area contributed by atoms with Crippen molar-refractivity contribution >= 4 is 235 Å². The molecule has 0 atom stereocenters. The molecule has 31 aromatic rings. The molecule has 144 heavy (non-hydrogen) atoms. The fourth-order valence-electron chi connectivity index (χ4n) is 21.5. The second-order valence-corrected chi connectivity index (χ2v) is 39.7. The largest absolute Gasteiger partial charge is 0.456 e. The molecule has 23 aromatic carbocycles. The van der Waals surface area contributed by atoms with Crippen molar-refractivity contribution < 1.29 is 4.42 Å². The average molecular weight is 1890 g/mol. The molecule has 0 aliphatic heterocycles. The summed E-state index contributed by atoms with van der Waals surface area (Å²) in [6.07, 6.45) is 0. The highest BCUT2D eigenvalue weighted by molar-refractivity contribution is 7.27. The second-order valence-electron chi connectivity index (χ2n) is 36.4. The molecule has 0 unspecified atom stereocenters. The van der Waals surface area contributed by atoms with E-state index in [-0.39, 0.29) is 0 Å². The minimum atomic E-state index is 0.711. The standard InChI is InChI=1S/C34H20N2O.2C34H20N2S.C30H18N2S/c1-2-10-22(11-3-1)33-32-24-13-5-4-9-21(24)17-18-29(32)35-34(36-33)26-15-8-12-23-19-28-25-14-6-7-16-30(25)37-31(28)20-27(23)26;1-2-10-23(11-3-1)32-27-19-17-21-9-4-5-13-24(21)33(27)36-34(35-32)26-15-8-12-22-18-20-29-31(30(22)26)25-14-6-7-16-28(25)37-29;1-2-10-23(11-3-1)33-31-24-13-5-4-9-21(24)17-19-27(31)35-34(36-33)26-15-8-12-22-18-20-29-32(30(22)26)25-14-6-7-16-28(25)37-29;1-2-9-20(10-3-1)29-21-12-4-6-15-24(21)31-30(32-29)23-14-8-11-19-17-18-26-28(27(19)23)22-13-5-7-16-25(22)33-26/h3*1-20H;1-18H. The fraction of sp³-hybridized carbons (Fsp3) is 0. The molecule has 0 saturated carbocycles. The minimum Gasteiger partial charge on any atom is -0.456 e. The van der Waals surface area contributed by atoms with Gasteiger partial charge in [-0.15, -0.1) is 34.0 Å². The lowest BCUT2D eigenvalue weighted by atomic mass is 9.97. The lowest BCUT2D eigenvalue weighted by molar-refractivity contribution is 0.669. The molecule has 12 heteroatoms. The Kier molecular flexibility index (Phi) is 20.3. The summed E-state index contributed by atoms with van der Waals surface area (Å²) in [5.41, 5.74) is 18.0. The molecule has 0 aliphatic carbocycles. The Balaban J connectivity index is 0.0000000935. The van der Waals surface area contributed by atoms with Crippen molar-refractivity contribution in [2.45, 2.75) is 0 Å². The zero-order chi connectivity index (χ0) is 94.8. The van der Waals surface area contributed by atoms with Gasteiger partial charge in [-0.1, -0.05) is 394 Å². The van der Waals surface area contributed by atoms with Gasteiger partial charge in [-0.3, -0.25) is 0 Å². The third-order valence-corrected chi connectivity index (χ3v) is 31.5. The SMILES string of the molecule is c1ccc(-c2nc(-c3cccc4cc5c(cc34)oc3ccccc35)nc3ccc4ccccc4c23)cc1.c1ccc(-c2nc(-c3cccc4ccc5sc6ccccc6c5c34)nc3c2ccc2ccccc23)cc1.c1ccc(-c2nc(-c3cccc4ccc5sc6ccccc6c5c34)nc3ccc4ccccc4c23)cc1.c1ccc(-c2nc(-c3cccc4ccc5sc6ccccc6c5c34)nc3ccccc23)cc1. The monoisotopic (exact) mass is 1890 g/mol. The normalized spacial score (nSPS) is 11.8. The van der Waals surface area contributed by atoms with Gasteiger partial charge in [-0.2, -0.15) is 0 Å². The highest BCUT2D eigenvalue weighted by Crippen LogP contribution is 2.49. The molecule has 8 aromatic heterocycles. The number of rotatable bonds is 8. The smallest absolute Gasteiger partial charge is 0.161 e. The van der Waals surface area contributed by atoms with E-state index in [0.717, 1.165) is 172 Å². The van der Waals surface area contributed by atoms with Gasteiger partial charge in [0.15, 0.2) is 23.3 Å². The van der Waals surface area contributed by atoms with Crippen LogP contribution >= 0.6 is 34.0 Å². The number of thiophene rings is 3. The molecule has 670 valence electrons.